The third kappa shape index (κ3) is 4.91. The lowest BCUT2D eigenvalue weighted by Gasteiger charge is -2.29. The Morgan fingerprint density at radius 2 is 2.03 bits per heavy atom. The number of aromatic nitrogens is 1. The van der Waals surface area contributed by atoms with Crippen LogP contribution in [0.2, 0.25) is 0 Å². The molecule has 188 valence electrons. The Bertz CT molecular complexity index is 1310. The second-order valence-corrected chi connectivity index (χ2v) is 9.15. The molecule has 10 heteroatoms. The van der Waals surface area contributed by atoms with Gasteiger partial charge in [-0.05, 0) is 43.3 Å². The highest BCUT2D eigenvalue weighted by Gasteiger charge is 2.33. The third-order valence-electron chi connectivity index (χ3n) is 6.42. The minimum atomic E-state index is -0.510. The number of methoxy groups -OCH3 is 1. The van der Waals surface area contributed by atoms with Crippen LogP contribution in [0.3, 0.4) is 0 Å². The van der Waals surface area contributed by atoms with Gasteiger partial charge in [-0.2, -0.15) is 0 Å². The van der Waals surface area contributed by atoms with Crippen LogP contribution in [0, 0.1) is 12.7 Å². The fraction of sp³-hybridized carbons (Fsp3) is 0.346. The maximum Gasteiger partial charge on any atom is 0.414 e. The van der Waals surface area contributed by atoms with E-state index in [2.05, 4.69) is 10.3 Å². The van der Waals surface area contributed by atoms with Gasteiger partial charge in [-0.1, -0.05) is 12.2 Å². The number of hydrogen-bond donors (Lipinski definition) is 1. The van der Waals surface area contributed by atoms with Crippen molar-refractivity contribution in [3.8, 4) is 5.75 Å². The number of cyclic esters (lactones) is 1. The number of nitrogens with zero attached hydrogens (tertiary/aromatic N) is 3. The summed E-state index contributed by atoms with van der Waals surface area (Å²) in [6.45, 7) is 4.93. The normalized spacial score (nSPS) is 17.9. The number of hydrogen-bond acceptors (Lipinski definition) is 7. The zero-order valence-electron chi connectivity index (χ0n) is 20.1. The minimum absolute atomic E-state index is 0.291. The first kappa shape index (κ1) is 24.2. The molecular formula is C26H27FN4O4S. The van der Waals surface area contributed by atoms with Gasteiger partial charge in [-0.15, -0.1) is 0 Å². The lowest BCUT2D eigenvalue weighted by molar-refractivity contribution is 0.122. The lowest BCUT2D eigenvalue weighted by Crippen LogP contribution is -2.37. The number of thiocarbonyl (C=S) groups is 1. The van der Waals surface area contributed by atoms with Crippen LogP contribution in [0.1, 0.15) is 11.3 Å². The van der Waals surface area contributed by atoms with Crippen LogP contribution < -0.4 is 19.9 Å². The molecule has 3 heterocycles. The van der Waals surface area contributed by atoms with Gasteiger partial charge >= 0.3 is 6.09 Å². The first-order valence-corrected chi connectivity index (χ1v) is 12.2. The topological polar surface area (TPSA) is 76.2 Å². The summed E-state index contributed by atoms with van der Waals surface area (Å²) >= 11 is 5.61. The Morgan fingerprint density at radius 1 is 1.22 bits per heavy atom. The highest BCUT2D eigenvalue weighted by Crippen LogP contribution is 2.28. The highest BCUT2D eigenvalue weighted by molar-refractivity contribution is 7.80. The van der Waals surface area contributed by atoms with Gasteiger partial charge in [0.2, 0.25) is 0 Å². The van der Waals surface area contributed by atoms with E-state index in [0.717, 1.165) is 27.9 Å². The van der Waals surface area contributed by atoms with Crippen LogP contribution in [0.4, 0.5) is 20.6 Å². The monoisotopic (exact) mass is 510 g/mol. The molecule has 2 fully saturated rings. The van der Waals surface area contributed by atoms with E-state index >= 15 is 0 Å². The van der Waals surface area contributed by atoms with E-state index in [1.165, 1.54) is 11.0 Å². The molecule has 0 unspecified atom stereocenters. The third-order valence-corrected chi connectivity index (χ3v) is 6.78. The molecule has 0 aliphatic carbocycles. The predicted molar refractivity (Wildman–Crippen MR) is 140 cm³/mol. The van der Waals surface area contributed by atoms with E-state index in [1.54, 1.807) is 19.2 Å². The summed E-state index contributed by atoms with van der Waals surface area (Å²) in [5.41, 5.74) is 3.39. The molecule has 1 atom stereocenters. The molecule has 1 aromatic heterocycles. The summed E-state index contributed by atoms with van der Waals surface area (Å²) in [7, 11) is 1.62. The predicted octanol–water partition coefficient (Wildman–Crippen LogP) is 3.82. The fourth-order valence-corrected chi connectivity index (χ4v) is 4.75. The van der Waals surface area contributed by atoms with Gasteiger partial charge in [0.25, 0.3) is 0 Å². The number of benzene rings is 2. The van der Waals surface area contributed by atoms with Gasteiger partial charge in [-0.25, -0.2) is 9.18 Å². The van der Waals surface area contributed by atoms with Crippen molar-refractivity contribution in [2.75, 3.05) is 56.3 Å². The maximum atomic E-state index is 14.8. The van der Waals surface area contributed by atoms with E-state index < -0.39 is 12.2 Å². The zero-order valence-corrected chi connectivity index (χ0v) is 20.9. The summed E-state index contributed by atoms with van der Waals surface area (Å²) in [5, 5.41) is 4.14. The molecule has 36 heavy (non-hydrogen) atoms. The van der Waals surface area contributed by atoms with E-state index in [0.29, 0.717) is 55.8 Å². The Balaban J connectivity index is 1.23. The van der Waals surface area contributed by atoms with Gasteiger partial charge in [0.1, 0.15) is 22.7 Å². The van der Waals surface area contributed by atoms with Crippen molar-refractivity contribution < 1.29 is 23.4 Å². The summed E-state index contributed by atoms with van der Waals surface area (Å²) in [6, 6.07) is 12.5. The molecule has 1 amide bonds. The molecular weight excluding hydrogens is 483 g/mol. The number of halogens is 1. The van der Waals surface area contributed by atoms with Crippen LogP contribution in [0.5, 0.6) is 5.75 Å². The van der Waals surface area contributed by atoms with Gasteiger partial charge in [0.05, 0.1) is 50.3 Å². The Kier molecular flexibility index (Phi) is 6.88. The number of fused-ring (bicyclic) bond motifs is 1. The van der Waals surface area contributed by atoms with E-state index in [4.69, 9.17) is 26.4 Å². The van der Waals surface area contributed by atoms with Crippen molar-refractivity contribution >= 4 is 45.6 Å². The number of carbonyl (C=O) groups is 1. The average Bonchev–Trinajstić information content (AvgIpc) is 3.27. The number of nitrogens with one attached hydrogen (secondary N) is 1. The van der Waals surface area contributed by atoms with Crippen molar-refractivity contribution in [2.24, 2.45) is 0 Å². The van der Waals surface area contributed by atoms with Crippen LogP contribution >= 0.6 is 12.2 Å². The van der Waals surface area contributed by atoms with Crippen molar-refractivity contribution in [3.05, 3.63) is 59.5 Å². The van der Waals surface area contributed by atoms with Gasteiger partial charge < -0.3 is 24.4 Å². The molecule has 2 saturated heterocycles. The van der Waals surface area contributed by atoms with Crippen LogP contribution in [0.15, 0.2) is 42.5 Å². The molecule has 0 radical (unpaired) electrons. The largest absolute Gasteiger partial charge is 0.497 e. The standard InChI is InChI=1S/C26H27FN4O4S/c1-16-21(11-17-3-5-19(33-2)13-23(17)29-16)25(36)28-14-20-15-31(26(32)35-20)18-4-6-24(22(27)12-18)30-7-9-34-10-8-30/h3-6,11-13,20H,7-10,14-15H2,1-2H3,(H,28,36)/t20-/m0/s1. The SMILES string of the molecule is COc1ccc2cc(C(=S)NC[C@H]3CN(c4ccc(N5CCOCC5)c(F)c4)C(=O)O3)c(C)nc2c1. The van der Waals surface area contributed by atoms with Crippen molar-refractivity contribution in [2.45, 2.75) is 13.0 Å². The van der Waals surface area contributed by atoms with Crippen molar-refractivity contribution in [1.29, 1.82) is 0 Å². The number of rotatable bonds is 6. The molecule has 5 rings (SSSR count). The van der Waals surface area contributed by atoms with Crippen LogP contribution in [-0.2, 0) is 9.47 Å². The Hall–Kier alpha value is -3.50. The number of anilines is 2. The zero-order chi connectivity index (χ0) is 25.2. The molecule has 2 aliphatic rings. The Morgan fingerprint density at radius 3 is 2.78 bits per heavy atom. The number of ether oxygens (including phenoxy) is 3. The van der Waals surface area contributed by atoms with E-state index in [1.807, 2.05) is 36.1 Å². The second kappa shape index (κ2) is 10.2. The fourth-order valence-electron chi connectivity index (χ4n) is 4.46. The molecule has 3 aromatic rings. The summed E-state index contributed by atoms with van der Waals surface area (Å²) in [5.74, 6) is 0.368. The molecule has 2 aromatic carbocycles. The molecule has 0 bridgehead atoms. The number of carbonyl (C=O) groups excluding carboxylic acids is 1. The second-order valence-electron chi connectivity index (χ2n) is 8.74. The number of aryl methyl sites for hydroxylation is 1. The molecule has 0 saturated carbocycles. The molecule has 0 spiro atoms. The maximum absolute atomic E-state index is 14.8. The highest BCUT2D eigenvalue weighted by atomic mass is 32.1. The summed E-state index contributed by atoms with van der Waals surface area (Å²) in [4.78, 5) is 21.1. The average molecular weight is 511 g/mol. The quantitative estimate of drug-likeness (QED) is 0.502. The molecule has 8 nitrogen and oxygen atoms in total. The van der Waals surface area contributed by atoms with Crippen molar-refractivity contribution in [1.82, 2.24) is 10.3 Å². The number of pyridine rings is 1. The van der Waals surface area contributed by atoms with Crippen LogP contribution in [-0.4, -0.2) is 68.7 Å². The van der Waals surface area contributed by atoms with Crippen LogP contribution in [0.25, 0.3) is 10.9 Å². The van der Waals surface area contributed by atoms with Crippen molar-refractivity contribution in [3.63, 3.8) is 0 Å². The number of amides is 1. The van der Waals surface area contributed by atoms with Gasteiger partial charge in [-0.3, -0.25) is 9.88 Å². The molecule has 2 aliphatic heterocycles. The van der Waals surface area contributed by atoms with Gasteiger partial charge in [0, 0.05) is 35.8 Å². The smallest absolute Gasteiger partial charge is 0.414 e. The summed E-state index contributed by atoms with van der Waals surface area (Å²) < 4.78 is 31.0. The summed E-state index contributed by atoms with van der Waals surface area (Å²) in [6.07, 6.45) is -0.945. The first-order valence-electron chi connectivity index (χ1n) is 11.8. The Labute approximate surface area is 213 Å². The first-order chi connectivity index (χ1) is 17.4. The number of morpholine rings is 1. The lowest BCUT2D eigenvalue weighted by atomic mass is 10.1. The minimum Gasteiger partial charge on any atom is -0.497 e. The van der Waals surface area contributed by atoms with E-state index in [-0.39, 0.29) is 5.82 Å². The molecule has 1 N–H and O–H groups in total. The van der Waals surface area contributed by atoms with Gasteiger partial charge in [0.15, 0.2) is 0 Å². The van der Waals surface area contributed by atoms with E-state index in [9.17, 15) is 9.18 Å².